The van der Waals surface area contributed by atoms with Crippen LogP contribution in [0.4, 0.5) is 11.8 Å². The van der Waals surface area contributed by atoms with E-state index in [2.05, 4.69) is 14.8 Å². The van der Waals surface area contributed by atoms with E-state index >= 15 is 0 Å². The molecule has 0 spiro atoms. The van der Waals surface area contributed by atoms with E-state index < -0.39 is 11.7 Å². The second-order valence-corrected chi connectivity index (χ2v) is 7.75. The first-order chi connectivity index (χ1) is 13.0. The number of β-amino-alcohol motifs (C(OH)–C–C–N with tert-alkyl or cyclic N) is 1. The van der Waals surface area contributed by atoms with E-state index in [9.17, 15) is 10.2 Å². The summed E-state index contributed by atoms with van der Waals surface area (Å²) in [6, 6.07) is 9.47. The van der Waals surface area contributed by atoms with E-state index in [1.807, 2.05) is 44.2 Å². The van der Waals surface area contributed by atoms with Gasteiger partial charge in [0.1, 0.15) is 17.5 Å². The van der Waals surface area contributed by atoms with Gasteiger partial charge in [0.15, 0.2) is 0 Å². The summed E-state index contributed by atoms with van der Waals surface area (Å²) in [4.78, 5) is 13.8. The van der Waals surface area contributed by atoms with Gasteiger partial charge in [-0.15, -0.1) is 0 Å². The van der Waals surface area contributed by atoms with Crippen molar-refractivity contribution >= 4 is 11.8 Å². The van der Waals surface area contributed by atoms with Gasteiger partial charge in [0.25, 0.3) is 0 Å². The summed E-state index contributed by atoms with van der Waals surface area (Å²) in [5.41, 5.74) is 1.56. The van der Waals surface area contributed by atoms with E-state index in [0.717, 1.165) is 41.7 Å². The third-order valence-electron chi connectivity index (χ3n) is 6.02. The molecule has 3 heterocycles. The number of rotatable bonds is 3. The molecule has 2 saturated heterocycles. The molecular formula is C21H28N4O2. The number of benzene rings is 1. The Hall–Kier alpha value is -2.18. The highest BCUT2D eigenvalue weighted by molar-refractivity contribution is 5.53. The molecule has 2 fully saturated rings. The highest BCUT2D eigenvalue weighted by Gasteiger charge is 2.42. The van der Waals surface area contributed by atoms with Crippen LogP contribution in [0.25, 0.3) is 0 Å². The Morgan fingerprint density at radius 3 is 2.37 bits per heavy atom. The van der Waals surface area contributed by atoms with Gasteiger partial charge in [-0.2, -0.15) is 4.98 Å². The molecule has 6 nitrogen and oxygen atoms in total. The Labute approximate surface area is 160 Å². The molecule has 0 radical (unpaired) electrons. The molecule has 0 bridgehead atoms. The summed E-state index contributed by atoms with van der Waals surface area (Å²) in [5, 5.41) is 21.9. The number of hydrogen-bond donors (Lipinski definition) is 2. The maximum absolute atomic E-state index is 11.1. The van der Waals surface area contributed by atoms with Crippen molar-refractivity contribution in [1.29, 1.82) is 0 Å². The average molecular weight is 368 g/mol. The predicted molar refractivity (Wildman–Crippen MR) is 106 cm³/mol. The Morgan fingerprint density at radius 2 is 1.70 bits per heavy atom. The van der Waals surface area contributed by atoms with Crippen LogP contribution in [-0.2, 0) is 5.60 Å². The van der Waals surface area contributed by atoms with Crippen LogP contribution in [0.5, 0.6) is 0 Å². The molecule has 0 saturated carbocycles. The topological polar surface area (TPSA) is 72.7 Å². The molecule has 0 aliphatic carbocycles. The summed E-state index contributed by atoms with van der Waals surface area (Å²) >= 11 is 0. The predicted octanol–water partition coefficient (Wildman–Crippen LogP) is 2.15. The number of aryl methyl sites for hydroxylation is 1. The molecule has 4 rings (SSSR count). The molecule has 0 unspecified atom stereocenters. The quantitative estimate of drug-likeness (QED) is 0.865. The molecule has 1 aromatic heterocycles. The summed E-state index contributed by atoms with van der Waals surface area (Å²) in [7, 11) is 0. The molecule has 1 aromatic carbocycles. The fourth-order valence-electron chi connectivity index (χ4n) is 4.14. The summed E-state index contributed by atoms with van der Waals surface area (Å²) in [5.74, 6) is 1.66. The zero-order valence-electron chi connectivity index (χ0n) is 16.1. The fourth-order valence-corrected chi connectivity index (χ4v) is 4.14. The van der Waals surface area contributed by atoms with Crippen molar-refractivity contribution in [2.24, 2.45) is 0 Å². The molecule has 144 valence electrons. The number of aromatic nitrogens is 2. The minimum Gasteiger partial charge on any atom is -0.388 e. The van der Waals surface area contributed by atoms with E-state index in [1.165, 1.54) is 12.8 Å². The van der Waals surface area contributed by atoms with E-state index in [4.69, 9.17) is 4.98 Å². The van der Waals surface area contributed by atoms with Gasteiger partial charge in [-0.25, -0.2) is 4.98 Å². The first-order valence-electron chi connectivity index (χ1n) is 9.80. The molecule has 2 atom stereocenters. The number of anilines is 2. The van der Waals surface area contributed by atoms with Crippen LogP contribution in [-0.4, -0.2) is 52.5 Å². The number of piperidine rings is 1. The third-order valence-corrected chi connectivity index (χ3v) is 6.02. The van der Waals surface area contributed by atoms with Crippen LogP contribution in [0.15, 0.2) is 30.3 Å². The van der Waals surface area contributed by atoms with Crippen molar-refractivity contribution in [2.45, 2.75) is 44.8 Å². The molecule has 2 aliphatic heterocycles. The number of aliphatic hydroxyl groups excluding tert-OH is 1. The van der Waals surface area contributed by atoms with Crippen molar-refractivity contribution in [2.75, 3.05) is 36.0 Å². The van der Waals surface area contributed by atoms with Gasteiger partial charge in [-0.05, 0) is 32.3 Å². The molecule has 2 N–H and O–H groups in total. The minimum absolute atomic E-state index is 0.349. The van der Waals surface area contributed by atoms with Crippen molar-refractivity contribution in [1.82, 2.24) is 9.97 Å². The first-order valence-corrected chi connectivity index (χ1v) is 9.80. The van der Waals surface area contributed by atoms with Crippen molar-refractivity contribution in [3.8, 4) is 0 Å². The lowest BCUT2D eigenvalue weighted by Gasteiger charge is -2.43. The van der Waals surface area contributed by atoms with Gasteiger partial charge in [0.2, 0.25) is 5.95 Å². The van der Waals surface area contributed by atoms with Gasteiger partial charge in [0.05, 0.1) is 0 Å². The number of nitrogens with zero attached hydrogens (tertiary/aromatic N) is 4. The zero-order valence-corrected chi connectivity index (χ0v) is 16.1. The Balaban J connectivity index is 1.60. The maximum atomic E-state index is 11.1. The molecule has 2 aliphatic rings. The van der Waals surface area contributed by atoms with Gasteiger partial charge >= 0.3 is 0 Å². The number of hydrogen-bond acceptors (Lipinski definition) is 6. The van der Waals surface area contributed by atoms with Crippen LogP contribution in [0, 0.1) is 13.8 Å². The van der Waals surface area contributed by atoms with Crippen LogP contribution in [0.1, 0.15) is 36.1 Å². The van der Waals surface area contributed by atoms with Crippen molar-refractivity contribution in [3.05, 3.63) is 47.2 Å². The van der Waals surface area contributed by atoms with Gasteiger partial charge in [-0.1, -0.05) is 30.3 Å². The second kappa shape index (κ2) is 7.09. The highest BCUT2D eigenvalue weighted by Crippen LogP contribution is 2.36. The standard InChI is InChI=1S/C21H28N4O2/c1-15-16(2)22-20(24-11-6-7-12-24)23-19(15)25-13-10-21(27,18(26)14-25)17-8-4-3-5-9-17/h3-5,8-9,18,26-27H,6-7,10-14H2,1-2H3/t18-,21-/m0/s1. The summed E-state index contributed by atoms with van der Waals surface area (Å²) in [6.07, 6.45) is 1.94. The lowest BCUT2D eigenvalue weighted by Crippen LogP contribution is -2.54. The maximum Gasteiger partial charge on any atom is 0.227 e. The van der Waals surface area contributed by atoms with Gasteiger partial charge in [0, 0.05) is 43.9 Å². The van der Waals surface area contributed by atoms with Gasteiger partial charge in [-0.3, -0.25) is 0 Å². The lowest BCUT2D eigenvalue weighted by atomic mass is 9.82. The second-order valence-electron chi connectivity index (χ2n) is 7.75. The minimum atomic E-state index is -1.22. The van der Waals surface area contributed by atoms with Crippen molar-refractivity contribution < 1.29 is 10.2 Å². The normalized spacial score (nSPS) is 25.9. The lowest BCUT2D eigenvalue weighted by molar-refractivity contribution is -0.0918. The SMILES string of the molecule is Cc1nc(N2CCCC2)nc(N2CC[C@](O)(c3ccccc3)[C@@H](O)C2)c1C. The summed E-state index contributed by atoms with van der Waals surface area (Å²) < 4.78 is 0. The smallest absolute Gasteiger partial charge is 0.227 e. The third kappa shape index (κ3) is 3.28. The molecule has 27 heavy (non-hydrogen) atoms. The van der Waals surface area contributed by atoms with Crippen LogP contribution >= 0.6 is 0 Å². The zero-order chi connectivity index (χ0) is 19.0. The molecule has 6 heteroatoms. The van der Waals surface area contributed by atoms with Crippen LogP contribution in [0.3, 0.4) is 0 Å². The largest absolute Gasteiger partial charge is 0.388 e. The van der Waals surface area contributed by atoms with E-state index in [-0.39, 0.29) is 0 Å². The Bertz CT molecular complexity index is 807. The highest BCUT2D eigenvalue weighted by atomic mass is 16.3. The van der Waals surface area contributed by atoms with Crippen LogP contribution in [0.2, 0.25) is 0 Å². The first kappa shape index (κ1) is 18.2. The molecule has 0 amide bonds. The molecule has 2 aromatic rings. The van der Waals surface area contributed by atoms with Crippen LogP contribution < -0.4 is 9.80 Å². The van der Waals surface area contributed by atoms with E-state index in [1.54, 1.807) is 0 Å². The number of aliphatic hydroxyl groups is 2. The Morgan fingerprint density at radius 1 is 1.00 bits per heavy atom. The fraction of sp³-hybridized carbons (Fsp3) is 0.524. The average Bonchev–Trinajstić information content (AvgIpc) is 3.22. The van der Waals surface area contributed by atoms with Crippen molar-refractivity contribution in [3.63, 3.8) is 0 Å². The van der Waals surface area contributed by atoms with Gasteiger partial charge < -0.3 is 20.0 Å². The Kier molecular flexibility index (Phi) is 4.78. The van der Waals surface area contributed by atoms with E-state index in [0.29, 0.717) is 19.5 Å². The molecular weight excluding hydrogens is 340 g/mol. The monoisotopic (exact) mass is 368 g/mol. The summed E-state index contributed by atoms with van der Waals surface area (Å²) in [6.45, 7) is 7.03.